The highest BCUT2D eigenvalue weighted by Gasteiger charge is 2.22. The van der Waals surface area contributed by atoms with Gasteiger partial charge in [-0.2, -0.15) is 0 Å². The fraction of sp³-hybridized carbons (Fsp3) is 0.500. The monoisotopic (exact) mass is 257 g/mol. The first-order chi connectivity index (χ1) is 9.15. The van der Waals surface area contributed by atoms with Gasteiger partial charge in [0.1, 0.15) is 0 Å². The minimum absolute atomic E-state index is 0.789. The van der Waals surface area contributed by atoms with E-state index >= 15 is 0 Å². The largest absolute Gasteiger partial charge is 0.398 e. The van der Waals surface area contributed by atoms with Gasteiger partial charge in [0.15, 0.2) is 5.82 Å². The highest BCUT2D eigenvalue weighted by Crippen LogP contribution is 2.33. The van der Waals surface area contributed by atoms with E-state index in [1.165, 1.54) is 19.3 Å². The maximum Gasteiger partial charge on any atom is 0.182 e. The van der Waals surface area contributed by atoms with Crippen LogP contribution in [0.2, 0.25) is 0 Å². The molecule has 19 heavy (non-hydrogen) atoms. The lowest BCUT2D eigenvalue weighted by Crippen LogP contribution is -2.05. The summed E-state index contributed by atoms with van der Waals surface area (Å²) in [6.45, 7) is 4.98. The minimum atomic E-state index is 0.789. The normalized spacial score (nSPS) is 14.8. The second kappa shape index (κ2) is 4.64. The number of nitrogens with zero attached hydrogens (tertiary/aromatic N) is 4. The number of tetrazole rings is 1. The summed E-state index contributed by atoms with van der Waals surface area (Å²) in [6, 6.07) is 4.06. The summed E-state index contributed by atoms with van der Waals surface area (Å²) in [5, 5.41) is 12.1. The van der Waals surface area contributed by atoms with Crippen molar-refractivity contribution < 1.29 is 0 Å². The zero-order chi connectivity index (χ0) is 13.4. The molecule has 1 aromatic heterocycles. The first kappa shape index (κ1) is 12.1. The number of aromatic nitrogens is 4. The molecule has 1 fully saturated rings. The Labute approximate surface area is 112 Å². The molecule has 0 unspecified atom stereocenters. The summed E-state index contributed by atoms with van der Waals surface area (Å²) >= 11 is 0. The molecule has 0 spiro atoms. The van der Waals surface area contributed by atoms with Gasteiger partial charge in [-0.1, -0.05) is 18.9 Å². The second-order valence-corrected chi connectivity index (χ2v) is 5.48. The number of anilines is 1. The van der Waals surface area contributed by atoms with E-state index in [2.05, 4.69) is 28.5 Å². The van der Waals surface area contributed by atoms with Gasteiger partial charge in [0.2, 0.25) is 0 Å². The summed E-state index contributed by atoms with van der Waals surface area (Å²) in [5.74, 6) is 1.70. The molecule has 0 saturated heterocycles. The van der Waals surface area contributed by atoms with E-state index in [4.69, 9.17) is 5.73 Å². The van der Waals surface area contributed by atoms with Crippen molar-refractivity contribution >= 4 is 5.69 Å². The number of hydrogen-bond acceptors (Lipinski definition) is 4. The van der Waals surface area contributed by atoms with Gasteiger partial charge in [0, 0.05) is 17.8 Å². The van der Waals surface area contributed by atoms with Crippen molar-refractivity contribution in [1.29, 1.82) is 0 Å². The Bertz CT molecular complexity index is 598. The molecule has 0 amide bonds. The Morgan fingerprint density at radius 2 is 2.05 bits per heavy atom. The van der Waals surface area contributed by atoms with Crippen LogP contribution in [0.1, 0.15) is 30.4 Å². The van der Waals surface area contributed by atoms with Crippen molar-refractivity contribution in [3.05, 3.63) is 23.3 Å². The topological polar surface area (TPSA) is 69.6 Å². The zero-order valence-electron chi connectivity index (χ0n) is 11.4. The number of benzene rings is 1. The fourth-order valence-electron chi connectivity index (χ4n) is 2.37. The van der Waals surface area contributed by atoms with Crippen LogP contribution in [0.15, 0.2) is 12.1 Å². The van der Waals surface area contributed by atoms with E-state index in [1.54, 1.807) is 0 Å². The van der Waals surface area contributed by atoms with E-state index in [0.717, 1.165) is 40.7 Å². The van der Waals surface area contributed by atoms with Crippen LogP contribution >= 0.6 is 0 Å². The van der Waals surface area contributed by atoms with Crippen LogP contribution < -0.4 is 5.73 Å². The number of hydrogen-bond donors (Lipinski definition) is 1. The molecule has 5 nitrogen and oxygen atoms in total. The molecular weight excluding hydrogens is 238 g/mol. The Kier molecular flexibility index (Phi) is 2.97. The van der Waals surface area contributed by atoms with Crippen LogP contribution in [-0.4, -0.2) is 20.2 Å². The van der Waals surface area contributed by atoms with E-state index in [0.29, 0.717) is 0 Å². The predicted octanol–water partition coefficient (Wildman–Crippen LogP) is 2.34. The highest BCUT2D eigenvalue weighted by atomic mass is 15.5. The van der Waals surface area contributed by atoms with Crippen LogP contribution in [0.3, 0.4) is 0 Å². The maximum atomic E-state index is 6.00. The molecule has 1 saturated carbocycles. The molecule has 100 valence electrons. The summed E-state index contributed by atoms with van der Waals surface area (Å²) in [7, 11) is 0. The first-order valence-corrected chi connectivity index (χ1v) is 6.78. The summed E-state index contributed by atoms with van der Waals surface area (Å²) in [4.78, 5) is 0. The van der Waals surface area contributed by atoms with Gasteiger partial charge in [-0.3, -0.25) is 0 Å². The molecule has 2 N–H and O–H groups in total. The molecule has 2 aromatic rings. The van der Waals surface area contributed by atoms with E-state index in [1.807, 2.05) is 17.7 Å². The van der Waals surface area contributed by atoms with E-state index in [-0.39, 0.29) is 0 Å². The van der Waals surface area contributed by atoms with E-state index < -0.39 is 0 Å². The van der Waals surface area contributed by atoms with Gasteiger partial charge in [-0.05, 0) is 53.8 Å². The number of aryl methyl sites for hydroxylation is 3. The van der Waals surface area contributed by atoms with Crippen LogP contribution in [0, 0.1) is 19.8 Å². The zero-order valence-corrected chi connectivity index (χ0v) is 11.4. The molecule has 0 atom stereocenters. The Morgan fingerprint density at radius 3 is 2.79 bits per heavy atom. The highest BCUT2D eigenvalue weighted by molar-refractivity contribution is 5.67. The third kappa shape index (κ3) is 2.45. The van der Waals surface area contributed by atoms with Gasteiger partial charge >= 0.3 is 0 Å². The second-order valence-electron chi connectivity index (χ2n) is 5.48. The lowest BCUT2D eigenvalue weighted by atomic mass is 10.0. The number of nitrogens with two attached hydrogens (primary N) is 1. The van der Waals surface area contributed by atoms with Gasteiger partial charge in [-0.15, -0.1) is 5.10 Å². The van der Waals surface area contributed by atoms with Crippen molar-refractivity contribution in [2.24, 2.45) is 5.92 Å². The molecule has 1 aromatic carbocycles. The quantitative estimate of drug-likeness (QED) is 0.853. The van der Waals surface area contributed by atoms with Crippen molar-refractivity contribution in [2.45, 2.75) is 39.7 Å². The van der Waals surface area contributed by atoms with Crippen LogP contribution in [-0.2, 0) is 6.54 Å². The molecule has 0 aliphatic heterocycles. The van der Waals surface area contributed by atoms with Crippen molar-refractivity contribution in [2.75, 3.05) is 5.73 Å². The first-order valence-electron chi connectivity index (χ1n) is 6.78. The van der Waals surface area contributed by atoms with Gasteiger partial charge < -0.3 is 5.73 Å². The van der Waals surface area contributed by atoms with Gasteiger partial charge in [0.05, 0.1) is 0 Å². The minimum Gasteiger partial charge on any atom is -0.398 e. The number of rotatable bonds is 4. The summed E-state index contributed by atoms with van der Waals surface area (Å²) in [6.07, 6.45) is 3.88. The molecule has 1 aliphatic rings. The molecule has 1 heterocycles. The van der Waals surface area contributed by atoms with Crippen LogP contribution in [0.25, 0.3) is 11.4 Å². The Balaban J connectivity index is 1.92. The lowest BCUT2D eigenvalue weighted by molar-refractivity contribution is 0.535. The lowest BCUT2D eigenvalue weighted by Gasteiger charge is -2.09. The average Bonchev–Trinajstić information content (AvgIpc) is 3.09. The SMILES string of the molecule is Cc1cc(C)c(-c2nnnn2CCC2CC2)cc1N. The van der Waals surface area contributed by atoms with E-state index in [9.17, 15) is 0 Å². The van der Waals surface area contributed by atoms with Gasteiger partial charge in [-0.25, -0.2) is 4.68 Å². The van der Waals surface area contributed by atoms with Crippen molar-refractivity contribution in [3.63, 3.8) is 0 Å². The molecule has 3 rings (SSSR count). The van der Waals surface area contributed by atoms with Crippen molar-refractivity contribution in [1.82, 2.24) is 20.2 Å². The third-order valence-corrected chi connectivity index (χ3v) is 3.83. The standard InChI is InChI=1S/C14H19N5/c1-9-7-10(2)13(15)8-12(9)14-16-17-18-19(14)6-5-11-3-4-11/h7-8,11H,3-6,15H2,1-2H3. The molecule has 0 radical (unpaired) electrons. The van der Waals surface area contributed by atoms with Crippen LogP contribution in [0.5, 0.6) is 0 Å². The number of nitrogen functional groups attached to an aromatic ring is 1. The molecular formula is C14H19N5. The summed E-state index contributed by atoms with van der Waals surface area (Å²) in [5.41, 5.74) is 10.1. The molecule has 5 heteroatoms. The maximum absolute atomic E-state index is 6.00. The third-order valence-electron chi connectivity index (χ3n) is 3.83. The molecule has 1 aliphatic carbocycles. The Hall–Kier alpha value is -1.91. The average molecular weight is 257 g/mol. The molecule has 0 bridgehead atoms. The fourth-order valence-corrected chi connectivity index (χ4v) is 2.37. The summed E-state index contributed by atoms with van der Waals surface area (Å²) < 4.78 is 1.90. The predicted molar refractivity (Wildman–Crippen MR) is 74.5 cm³/mol. The van der Waals surface area contributed by atoms with Crippen molar-refractivity contribution in [3.8, 4) is 11.4 Å². The smallest absolute Gasteiger partial charge is 0.182 e. The Morgan fingerprint density at radius 1 is 1.26 bits per heavy atom. The van der Waals surface area contributed by atoms with Gasteiger partial charge in [0.25, 0.3) is 0 Å². The van der Waals surface area contributed by atoms with Crippen LogP contribution in [0.4, 0.5) is 5.69 Å².